The Morgan fingerprint density at radius 2 is 1.80 bits per heavy atom. The Hall–Kier alpha value is -1.38. The molecule has 0 fully saturated rings. The van der Waals surface area contributed by atoms with Gasteiger partial charge in [0.1, 0.15) is 11.9 Å². The summed E-state index contributed by atoms with van der Waals surface area (Å²) in [5.41, 5.74) is 0.555. The summed E-state index contributed by atoms with van der Waals surface area (Å²) in [7, 11) is 1.58. The first-order chi connectivity index (χ1) is 9.67. The van der Waals surface area contributed by atoms with E-state index in [1.807, 2.05) is 0 Å². The molecule has 3 heteroatoms. The van der Waals surface area contributed by atoms with Gasteiger partial charge in [-0.1, -0.05) is 39.0 Å². The number of Topliss-reactive ketones (excluding diaryl/α,β-unsaturated/α-hetero) is 1. The molecular formula is C17H25FO2. The van der Waals surface area contributed by atoms with Gasteiger partial charge in [-0.05, 0) is 30.7 Å². The van der Waals surface area contributed by atoms with E-state index >= 15 is 0 Å². The third-order valence-corrected chi connectivity index (χ3v) is 3.44. The van der Waals surface area contributed by atoms with Crippen molar-refractivity contribution in [2.45, 2.75) is 58.0 Å². The molecular weight excluding hydrogens is 255 g/mol. The number of carbonyl (C=O) groups excluding carboxylic acids is 1. The van der Waals surface area contributed by atoms with Crippen LogP contribution in [0.2, 0.25) is 0 Å². The Morgan fingerprint density at radius 1 is 1.15 bits per heavy atom. The lowest BCUT2D eigenvalue weighted by molar-refractivity contribution is 0.0942. The van der Waals surface area contributed by atoms with Gasteiger partial charge in [-0.2, -0.15) is 0 Å². The molecule has 0 aliphatic heterocycles. The maximum Gasteiger partial charge on any atom is 0.165 e. The smallest absolute Gasteiger partial charge is 0.165 e. The van der Waals surface area contributed by atoms with Crippen LogP contribution in [0.4, 0.5) is 4.39 Å². The number of carbonyl (C=O) groups is 1. The van der Waals surface area contributed by atoms with Crippen LogP contribution in [-0.4, -0.2) is 19.1 Å². The monoisotopic (exact) mass is 280 g/mol. The van der Waals surface area contributed by atoms with Gasteiger partial charge in [0.2, 0.25) is 0 Å². The molecule has 0 aromatic heterocycles. The minimum atomic E-state index is -1.02. The van der Waals surface area contributed by atoms with Crippen LogP contribution in [-0.2, 0) is 0 Å². The molecule has 0 saturated heterocycles. The maximum absolute atomic E-state index is 13.7. The Balaban J connectivity index is 2.29. The topological polar surface area (TPSA) is 26.3 Å². The fourth-order valence-corrected chi connectivity index (χ4v) is 2.17. The maximum atomic E-state index is 13.7. The van der Waals surface area contributed by atoms with Gasteiger partial charge in [-0.3, -0.25) is 4.79 Å². The lowest BCUT2D eigenvalue weighted by Crippen LogP contribution is -2.09. The second-order valence-corrected chi connectivity index (χ2v) is 5.16. The van der Waals surface area contributed by atoms with Crippen molar-refractivity contribution in [3.05, 3.63) is 29.8 Å². The zero-order valence-electron chi connectivity index (χ0n) is 12.5. The SMILES string of the molecule is CCCCCCCC(F)CC(=O)c1ccc(OC)cc1. The lowest BCUT2D eigenvalue weighted by atomic mass is 10.0. The van der Waals surface area contributed by atoms with Crippen LogP contribution >= 0.6 is 0 Å². The minimum Gasteiger partial charge on any atom is -0.497 e. The highest BCUT2D eigenvalue weighted by molar-refractivity contribution is 5.96. The highest BCUT2D eigenvalue weighted by Crippen LogP contribution is 2.17. The van der Waals surface area contributed by atoms with Crippen molar-refractivity contribution in [2.24, 2.45) is 0 Å². The van der Waals surface area contributed by atoms with E-state index in [-0.39, 0.29) is 12.2 Å². The molecule has 0 spiro atoms. The van der Waals surface area contributed by atoms with E-state index in [0.717, 1.165) is 19.3 Å². The van der Waals surface area contributed by atoms with E-state index in [0.29, 0.717) is 17.7 Å². The van der Waals surface area contributed by atoms with Crippen LogP contribution in [0, 0.1) is 0 Å². The molecule has 20 heavy (non-hydrogen) atoms. The van der Waals surface area contributed by atoms with Gasteiger partial charge in [-0.15, -0.1) is 0 Å². The van der Waals surface area contributed by atoms with E-state index in [9.17, 15) is 9.18 Å². The molecule has 0 N–H and O–H groups in total. The predicted octanol–water partition coefficient (Wildman–Crippen LogP) is 4.97. The summed E-state index contributed by atoms with van der Waals surface area (Å²) >= 11 is 0. The van der Waals surface area contributed by atoms with Crippen molar-refractivity contribution in [2.75, 3.05) is 7.11 Å². The molecule has 0 saturated carbocycles. The molecule has 0 amide bonds. The van der Waals surface area contributed by atoms with Crippen LogP contribution in [0.5, 0.6) is 5.75 Å². The van der Waals surface area contributed by atoms with E-state index in [1.165, 1.54) is 12.8 Å². The zero-order valence-corrected chi connectivity index (χ0v) is 12.5. The summed E-state index contributed by atoms with van der Waals surface area (Å²) in [5, 5.41) is 0. The number of hydrogen-bond acceptors (Lipinski definition) is 2. The Labute approximate surface area is 121 Å². The first-order valence-electron chi connectivity index (χ1n) is 7.48. The van der Waals surface area contributed by atoms with Crippen molar-refractivity contribution >= 4 is 5.78 Å². The van der Waals surface area contributed by atoms with E-state index in [2.05, 4.69) is 6.92 Å². The van der Waals surface area contributed by atoms with Crippen LogP contribution in [0.15, 0.2) is 24.3 Å². The minimum absolute atomic E-state index is 0.0138. The summed E-state index contributed by atoms with van der Waals surface area (Å²) in [6.45, 7) is 2.16. The number of methoxy groups -OCH3 is 1. The highest BCUT2D eigenvalue weighted by atomic mass is 19.1. The quantitative estimate of drug-likeness (QED) is 0.447. The van der Waals surface area contributed by atoms with Gasteiger partial charge in [0.05, 0.1) is 7.11 Å². The lowest BCUT2D eigenvalue weighted by Gasteiger charge is -2.08. The molecule has 1 aromatic carbocycles. The second kappa shape index (κ2) is 9.51. The Bertz CT molecular complexity index is 386. The zero-order chi connectivity index (χ0) is 14.8. The largest absolute Gasteiger partial charge is 0.497 e. The first-order valence-corrected chi connectivity index (χ1v) is 7.48. The highest BCUT2D eigenvalue weighted by Gasteiger charge is 2.14. The number of benzene rings is 1. The molecule has 2 nitrogen and oxygen atoms in total. The van der Waals surface area contributed by atoms with Crippen LogP contribution < -0.4 is 4.74 Å². The van der Waals surface area contributed by atoms with Crippen molar-refractivity contribution in [3.63, 3.8) is 0 Å². The van der Waals surface area contributed by atoms with Gasteiger partial charge in [0.25, 0.3) is 0 Å². The van der Waals surface area contributed by atoms with Crippen LogP contribution in [0.25, 0.3) is 0 Å². The molecule has 0 bridgehead atoms. The molecule has 1 aromatic rings. The number of hydrogen-bond donors (Lipinski definition) is 0. The number of ketones is 1. The van der Waals surface area contributed by atoms with Crippen LogP contribution in [0.3, 0.4) is 0 Å². The van der Waals surface area contributed by atoms with Gasteiger partial charge in [-0.25, -0.2) is 4.39 Å². The Morgan fingerprint density at radius 3 is 2.40 bits per heavy atom. The number of unbranched alkanes of at least 4 members (excludes halogenated alkanes) is 4. The fourth-order valence-electron chi connectivity index (χ4n) is 2.17. The molecule has 0 aliphatic carbocycles. The summed E-state index contributed by atoms with van der Waals surface area (Å²) in [6, 6.07) is 6.83. The van der Waals surface area contributed by atoms with Crippen molar-refractivity contribution in [3.8, 4) is 5.75 Å². The van der Waals surface area contributed by atoms with Gasteiger partial charge in [0, 0.05) is 12.0 Å². The van der Waals surface area contributed by atoms with Crippen molar-refractivity contribution < 1.29 is 13.9 Å². The molecule has 1 rings (SSSR count). The van der Waals surface area contributed by atoms with Crippen LogP contribution in [0.1, 0.15) is 62.2 Å². The molecule has 1 unspecified atom stereocenters. The second-order valence-electron chi connectivity index (χ2n) is 5.16. The first kappa shape index (κ1) is 16.7. The van der Waals surface area contributed by atoms with E-state index in [4.69, 9.17) is 4.74 Å². The molecule has 112 valence electrons. The number of rotatable bonds is 10. The molecule has 0 radical (unpaired) electrons. The van der Waals surface area contributed by atoms with Gasteiger partial charge in [0.15, 0.2) is 5.78 Å². The van der Waals surface area contributed by atoms with Crippen molar-refractivity contribution in [1.82, 2.24) is 0 Å². The normalized spacial score (nSPS) is 12.2. The standard InChI is InChI=1S/C17H25FO2/c1-3-4-5-6-7-8-15(18)13-17(19)14-9-11-16(20-2)12-10-14/h9-12,15H,3-8,13H2,1-2H3. The third kappa shape index (κ3) is 6.18. The van der Waals surface area contributed by atoms with Crippen molar-refractivity contribution in [1.29, 1.82) is 0 Å². The number of halogens is 1. The van der Waals surface area contributed by atoms with Gasteiger partial charge >= 0.3 is 0 Å². The molecule has 0 heterocycles. The number of alkyl halides is 1. The average Bonchev–Trinajstić information content (AvgIpc) is 2.47. The molecule has 1 atom stereocenters. The third-order valence-electron chi connectivity index (χ3n) is 3.44. The predicted molar refractivity (Wildman–Crippen MR) is 80.2 cm³/mol. The average molecular weight is 280 g/mol. The van der Waals surface area contributed by atoms with Gasteiger partial charge < -0.3 is 4.74 Å². The summed E-state index contributed by atoms with van der Waals surface area (Å²) in [4.78, 5) is 11.9. The Kier molecular flexibility index (Phi) is 7.93. The molecule has 0 aliphatic rings. The number of ether oxygens (including phenoxy) is 1. The van der Waals surface area contributed by atoms with E-state index < -0.39 is 6.17 Å². The van der Waals surface area contributed by atoms with E-state index in [1.54, 1.807) is 31.4 Å². The fraction of sp³-hybridized carbons (Fsp3) is 0.588. The summed E-state index contributed by atoms with van der Waals surface area (Å²) in [5.74, 6) is 0.572. The summed E-state index contributed by atoms with van der Waals surface area (Å²) < 4.78 is 18.8. The summed E-state index contributed by atoms with van der Waals surface area (Å²) in [6.07, 6.45) is 4.95.